The highest BCUT2D eigenvalue weighted by Gasteiger charge is 2.25. The molecule has 6 heterocycles. The molecule has 5 N–H and O–H groups in total. The molecule has 0 spiro atoms. The van der Waals surface area contributed by atoms with Gasteiger partial charge in [-0.25, -0.2) is 29.5 Å². The molecule has 0 radical (unpaired) electrons. The van der Waals surface area contributed by atoms with Gasteiger partial charge in [0.2, 0.25) is 31.3 Å². The Kier molecular flexibility index (Phi) is 9.57. The molecule has 2 aromatic carbocycles. The molecule has 0 amide bonds. The van der Waals surface area contributed by atoms with Crippen LogP contribution in [0.1, 0.15) is 60.5 Å². The fourth-order valence-corrected chi connectivity index (χ4v) is 7.16. The molecule has 17 nitrogen and oxygen atoms in total. The van der Waals surface area contributed by atoms with Gasteiger partial charge in [0.1, 0.15) is 36.5 Å². The van der Waals surface area contributed by atoms with Crippen molar-refractivity contribution in [2.75, 3.05) is 38.3 Å². The van der Waals surface area contributed by atoms with Crippen molar-refractivity contribution in [3.8, 4) is 23.0 Å². The highest BCUT2D eigenvalue weighted by Crippen LogP contribution is 2.36. The quantitative estimate of drug-likeness (QED) is 0.0620. The van der Waals surface area contributed by atoms with Crippen LogP contribution in [0.25, 0.3) is 20.4 Å². The number of nitrogen functional groups attached to an aromatic ring is 2. The molecule has 0 saturated carbocycles. The van der Waals surface area contributed by atoms with E-state index in [9.17, 15) is 19.6 Å². The van der Waals surface area contributed by atoms with E-state index in [1.165, 1.54) is 0 Å². The van der Waals surface area contributed by atoms with E-state index in [2.05, 4.69) is 25.1 Å². The minimum Gasteiger partial charge on any atom is -0.462 e. The number of anilines is 2. The molecular formula is C34H27N7O10S2. The van der Waals surface area contributed by atoms with Gasteiger partial charge < -0.3 is 45.1 Å². The summed E-state index contributed by atoms with van der Waals surface area (Å²) in [5.41, 5.74) is 13.1. The Bertz CT molecular complexity index is 2460. The highest BCUT2D eigenvalue weighted by molar-refractivity contribution is 7.20. The molecule has 0 bridgehead atoms. The van der Waals surface area contributed by atoms with Crippen LogP contribution in [-0.4, -0.2) is 75.4 Å². The fourth-order valence-electron chi connectivity index (χ4n) is 5.30. The van der Waals surface area contributed by atoms with Crippen LogP contribution < -0.4 is 30.4 Å². The first kappa shape index (κ1) is 34.8. The van der Waals surface area contributed by atoms with E-state index >= 15 is 0 Å². The average molecular weight is 758 g/mol. The Labute approximate surface area is 306 Å². The van der Waals surface area contributed by atoms with Crippen molar-refractivity contribution in [1.82, 2.24) is 19.9 Å². The molecule has 0 fully saturated rings. The number of thiophene rings is 2. The second kappa shape index (κ2) is 14.6. The van der Waals surface area contributed by atoms with Crippen molar-refractivity contribution in [3.63, 3.8) is 0 Å². The van der Waals surface area contributed by atoms with Crippen molar-refractivity contribution < 1.29 is 48.0 Å². The van der Waals surface area contributed by atoms with Crippen LogP contribution in [0.2, 0.25) is 0 Å². The predicted octanol–water partition coefficient (Wildman–Crippen LogP) is 4.82. The summed E-state index contributed by atoms with van der Waals surface area (Å²) in [5.74, 6) is 0.867. The molecule has 270 valence electrons. The summed E-state index contributed by atoms with van der Waals surface area (Å²) in [6.07, 6.45) is 0. The zero-order chi connectivity index (χ0) is 37.2. The summed E-state index contributed by atoms with van der Waals surface area (Å²) in [5, 5.41) is 14.0. The number of esters is 2. The van der Waals surface area contributed by atoms with E-state index in [1.807, 2.05) is 0 Å². The maximum Gasteiger partial charge on any atom is 0.348 e. The topological polar surface area (TPSA) is 243 Å². The largest absolute Gasteiger partial charge is 0.462 e. The molecule has 19 heteroatoms. The van der Waals surface area contributed by atoms with Crippen LogP contribution in [0.3, 0.4) is 0 Å². The molecule has 0 unspecified atom stereocenters. The van der Waals surface area contributed by atoms with Crippen LogP contribution in [0, 0.1) is 0 Å². The van der Waals surface area contributed by atoms with Crippen molar-refractivity contribution >= 4 is 78.4 Å². The zero-order valence-electron chi connectivity index (χ0n) is 27.8. The van der Waals surface area contributed by atoms with E-state index < -0.39 is 11.9 Å². The maximum atomic E-state index is 13.0. The first-order valence-corrected chi connectivity index (χ1v) is 17.4. The second-order valence-electron chi connectivity index (χ2n) is 10.9. The molecule has 0 saturated heterocycles. The molecule has 6 aromatic rings. The van der Waals surface area contributed by atoms with Gasteiger partial charge in [0.25, 0.3) is 0 Å². The first-order chi connectivity index (χ1) is 25.7. The summed E-state index contributed by atoms with van der Waals surface area (Å²) < 4.78 is 31.3. The first-order valence-electron chi connectivity index (χ1n) is 15.7. The Morgan fingerprint density at radius 3 is 1.70 bits per heavy atom. The van der Waals surface area contributed by atoms with Gasteiger partial charge in [-0.1, -0.05) is 5.16 Å². The fraction of sp³-hybridized carbons (Fsp3) is 0.176. The van der Waals surface area contributed by atoms with Gasteiger partial charge >= 0.3 is 11.9 Å². The molecular weight excluding hydrogens is 731 g/mol. The van der Waals surface area contributed by atoms with Gasteiger partial charge in [-0.05, 0) is 62.4 Å². The number of carbonyl (C=O) groups excluding carboxylic acids is 3. The van der Waals surface area contributed by atoms with Gasteiger partial charge in [-0.15, -0.1) is 22.7 Å². The third kappa shape index (κ3) is 6.89. The Hall–Kier alpha value is -6.60. The third-order valence-electron chi connectivity index (χ3n) is 7.59. The van der Waals surface area contributed by atoms with Gasteiger partial charge in [0.05, 0.1) is 13.2 Å². The number of nitrogens with two attached hydrogens (primary N) is 2. The monoisotopic (exact) mass is 757 g/mol. The number of hydrogen-bond donors (Lipinski definition) is 3. The number of nitrogens with zero attached hydrogens (tertiary/aromatic N) is 5. The lowest BCUT2D eigenvalue weighted by atomic mass is 10.0. The number of carbonyl (C=O) groups is 3. The Morgan fingerprint density at radius 1 is 0.698 bits per heavy atom. The standard InChI is InChI=1S/C17H14N4O5S.C17H13N3O5S/c1-2-24-16(22)12-6-9-14(19-17(18)20-15(9)27-12)13(21-23)8-3-4-10-11(5-8)26-7-25-10;1-2-23-16(22)12-6-9-13(19-17(18)20-15(9)26-12)14(21)8-3-4-10-11(5-8)25-7-24-10/h3-6,23H,2,7H2,1H3,(H2,18,19,20);3-6H,2,7H2,1H3,(H2,18,19,20). The van der Waals surface area contributed by atoms with Crippen molar-refractivity contribution in [2.45, 2.75) is 13.8 Å². The molecule has 8 rings (SSSR count). The number of hydrogen-bond acceptors (Lipinski definition) is 19. The SMILES string of the molecule is CCOC(=O)c1cc2c(C(=NO)c3ccc4c(c3)OCO4)nc(N)nc2s1.CCOC(=O)c1cc2c(C(=O)c3ccc4c(c3)OCO4)nc(N)nc2s1. The third-order valence-corrected chi connectivity index (χ3v) is 9.61. The van der Waals surface area contributed by atoms with E-state index in [4.69, 9.17) is 39.9 Å². The van der Waals surface area contributed by atoms with E-state index in [1.54, 1.807) is 62.4 Å². The van der Waals surface area contributed by atoms with Crippen LogP contribution >= 0.6 is 22.7 Å². The van der Waals surface area contributed by atoms with Gasteiger partial charge in [0, 0.05) is 21.9 Å². The highest BCUT2D eigenvalue weighted by atomic mass is 32.1. The van der Waals surface area contributed by atoms with Crippen LogP contribution in [-0.2, 0) is 9.47 Å². The molecule has 53 heavy (non-hydrogen) atoms. The number of ether oxygens (including phenoxy) is 6. The predicted molar refractivity (Wildman–Crippen MR) is 192 cm³/mol. The minimum atomic E-state index is -0.476. The number of aromatic nitrogens is 4. The van der Waals surface area contributed by atoms with Gasteiger partial charge in [-0.3, -0.25) is 4.79 Å². The van der Waals surface area contributed by atoms with Crippen LogP contribution in [0.4, 0.5) is 11.9 Å². The van der Waals surface area contributed by atoms with Gasteiger partial charge in [-0.2, -0.15) is 0 Å². The average Bonchev–Trinajstić information content (AvgIpc) is 3.97. The number of rotatable bonds is 8. The molecule has 2 aliphatic rings. The maximum absolute atomic E-state index is 13.0. The lowest BCUT2D eigenvalue weighted by Crippen LogP contribution is -2.09. The summed E-state index contributed by atoms with van der Waals surface area (Å²) in [6, 6.07) is 13.1. The van der Waals surface area contributed by atoms with E-state index in [0.717, 1.165) is 22.7 Å². The van der Waals surface area contributed by atoms with Crippen molar-refractivity contribution in [2.24, 2.45) is 5.16 Å². The summed E-state index contributed by atoms with van der Waals surface area (Å²) in [7, 11) is 0. The Morgan fingerprint density at radius 2 is 1.17 bits per heavy atom. The van der Waals surface area contributed by atoms with E-state index in [0.29, 0.717) is 70.0 Å². The molecule has 4 aromatic heterocycles. The molecule has 2 aliphatic heterocycles. The van der Waals surface area contributed by atoms with Gasteiger partial charge in [0.15, 0.2) is 23.0 Å². The molecule has 0 aliphatic carbocycles. The summed E-state index contributed by atoms with van der Waals surface area (Å²) in [6.45, 7) is 4.20. The van der Waals surface area contributed by atoms with Crippen LogP contribution in [0.5, 0.6) is 23.0 Å². The van der Waals surface area contributed by atoms with Crippen LogP contribution in [0.15, 0.2) is 53.7 Å². The smallest absolute Gasteiger partial charge is 0.348 e. The Balaban J connectivity index is 0.000000164. The number of benzene rings is 2. The van der Waals surface area contributed by atoms with Crippen molar-refractivity contribution in [3.05, 3.63) is 80.8 Å². The number of ketones is 1. The number of fused-ring (bicyclic) bond motifs is 4. The normalized spacial score (nSPS) is 12.8. The number of oxime groups is 1. The van der Waals surface area contributed by atoms with E-state index in [-0.39, 0.29) is 55.9 Å². The lowest BCUT2D eigenvalue weighted by Gasteiger charge is -2.07. The zero-order valence-corrected chi connectivity index (χ0v) is 29.4. The summed E-state index contributed by atoms with van der Waals surface area (Å²) in [4.78, 5) is 55.2. The lowest BCUT2D eigenvalue weighted by molar-refractivity contribution is 0.0522. The van der Waals surface area contributed by atoms with Crippen molar-refractivity contribution in [1.29, 1.82) is 0 Å². The summed E-state index contributed by atoms with van der Waals surface area (Å²) >= 11 is 2.23. The second-order valence-corrected chi connectivity index (χ2v) is 12.9. The molecule has 0 atom stereocenters. The minimum absolute atomic E-state index is 0.00310.